The van der Waals surface area contributed by atoms with Crippen LogP contribution >= 0.6 is 0 Å². The normalized spacial score (nSPS) is 18.0. The van der Waals surface area contributed by atoms with E-state index in [1.165, 1.54) is 11.1 Å². The van der Waals surface area contributed by atoms with Gasteiger partial charge >= 0.3 is 5.97 Å². The zero-order valence-electron chi connectivity index (χ0n) is 13.5. The lowest BCUT2D eigenvalue weighted by molar-refractivity contribution is -0.141. The molecule has 2 heterocycles. The van der Waals surface area contributed by atoms with Crippen molar-refractivity contribution in [2.24, 2.45) is 5.92 Å². The molecule has 0 spiro atoms. The molecule has 0 saturated carbocycles. The topological polar surface area (TPSA) is 66.3 Å². The molecule has 1 fully saturated rings. The molecule has 1 saturated heterocycles. The Morgan fingerprint density at radius 1 is 1.26 bits per heavy atom. The van der Waals surface area contributed by atoms with E-state index < -0.39 is 5.97 Å². The lowest BCUT2D eigenvalue weighted by Gasteiger charge is -2.31. The molecule has 1 aromatic heterocycles. The SMILES string of the molecule is Cc1cc(C)cc(-c2nccc(N3CCCC(C(=O)O)C3)n2)c1. The summed E-state index contributed by atoms with van der Waals surface area (Å²) in [5.74, 6) is 0.452. The summed E-state index contributed by atoms with van der Waals surface area (Å²) in [7, 11) is 0. The van der Waals surface area contributed by atoms with E-state index in [0.717, 1.165) is 30.8 Å². The minimum absolute atomic E-state index is 0.316. The molecular formula is C18H21N3O2. The van der Waals surface area contributed by atoms with Crippen LogP contribution < -0.4 is 4.90 Å². The van der Waals surface area contributed by atoms with Crippen LogP contribution in [0.15, 0.2) is 30.5 Å². The Balaban J connectivity index is 1.89. The first-order valence-corrected chi connectivity index (χ1v) is 7.92. The van der Waals surface area contributed by atoms with Gasteiger partial charge in [-0.2, -0.15) is 0 Å². The molecule has 1 unspecified atom stereocenters. The van der Waals surface area contributed by atoms with E-state index in [1.807, 2.05) is 6.07 Å². The predicted molar refractivity (Wildman–Crippen MR) is 89.5 cm³/mol. The molecule has 1 aromatic carbocycles. The molecule has 1 atom stereocenters. The highest BCUT2D eigenvalue weighted by Gasteiger charge is 2.26. The molecule has 5 heteroatoms. The Morgan fingerprint density at radius 3 is 2.70 bits per heavy atom. The molecule has 120 valence electrons. The van der Waals surface area contributed by atoms with Gasteiger partial charge in [-0.1, -0.05) is 17.2 Å². The van der Waals surface area contributed by atoms with Crippen molar-refractivity contribution < 1.29 is 9.90 Å². The minimum atomic E-state index is -0.724. The molecule has 0 aliphatic carbocycles. The smallest absolute Gasteiger partial charge is 0.308 e. The van der Waals surface area contributed by atoms with E-state index in [9.17, 15) is 9.90 Å². The summed E-state index contributed by atoms with van der Waals surface area (Å²) in [4.78, 5) is 22.3. The Morgan fingerprint density at radius 2 is 2.00 bits per heavy atom. The third-order valence-corrected chi connectivity index (χ3v) is 4.22. The van der Waals surface area contributed by atoms with Crippen molar-refractivity contribution in [1.29, 1.82) is 0 Å². The molecule has 0 radical (unpaired) electrons. The van der Waals surface area contributed by atoms with Crippen molar-refractivity contribution in [3.8, 4) is 11.4 Å². The summed E-state index contributed by atoms with van der Waals surface area (Å²) >= 11 is 0. The Labute approximate surface area is 136 Å². The fourth-order valence-electron chi connectivity index (χ4n) is 3.15. The number of carbonyl (C=O) groups is 1. The zero-order valence-corrected chi connectivity index (χ0v) is 13.5. The summed E-state index contributed by atoms with van der Waals surface area (Å²) in [6, 6.07) is 8.12. The van der Waals surface area contributed by atoms with Crippen molar-refractivity contribution in [2.75, 3.05) is 18.0 Å². The van der Waals surface area contributed by atoms with Gasteiger partial charge in [0.15, 0.2) is 5.82 Å². The van der Waals surface area contributed by atoms with Gasteiger partial charge in [0.2, 0.25) is 0 Å². The van der Waals surface area contributed by atoms with Crippen LogP contribution in [0.2, 0.25) is 0 Å². The quantitative estimate of drug-likeness (QED) is 0.943. The van der Waals surface area contributed by atoms with E-state index in [-0.39, 0.29) is 5.92 Å². The first-order valence-electron chi connectivity index (χ1n) is 7.92. The van der Waals surface area contributed by atoms with E-state index in [0.29, 0.717) is 12.4 Å². The number of carboxylic acids is 1. The molecule has 23 heavy (non-hydrogen) atoms. The maximum absolute atomic E-state index is 11.2. The van der Waals surface area contributed by atoms with Crippen LogP contribution in [0.25, 0.3) is 11.4 Å². The van der Waals surface area contributed by atoms with E-state index in [1.54, 1.807) is 6.20 Å². The lowest BCUT2D eigenvalue weighted by Crippen LogP contribution is -2.39. The summed E-state index contributed by atoms with van der Waals surface area (Å²) in [5.41, 5.74) is 3.35. The predicted octanol–water partition coefficient (Wildman–Crippen LogP) is 3.06. The van der Waals surface area contributed by atoms with Crippen LogP contribution in [0.4, 0.5) is 5.82 Å². The fraction of sp³-hybridized carbons (Fsp3) is 0.389. The van der Waals surface area contributed by atoms with Crippen LogP contribution in [-0.4, -0.2) is 34.1 Å². The average molecular weight is 311 g/mol. The molecule has 1 aliphatic rings. The largest absolute Gasteiger partial charge is 0.481 e. The first kappa shape index (κ1) is 15.5. The third kappa shape index (κ3) is 3.50. The number of aryl methyl sites for hydroxylation is 2. The molecule has 1 N–H and O–H groups in total. The number of anilines is 1. The molecule has 5 nitrogen and oxygen atoms in total. The number of aliphatic carboxylic acids is 1. The molecule has 0 amide bonds. The number of piperidine rings is 1. The van der Waals surface area contributed by atoms with Gasteiger partial charge in [-0.15, -0.1) is 0 Å². The first-order chi connectivity index (χ1) is 11.0. The summed E-state index contributed by atoms with van der Waals surface area (Å²) in [5, 5.41) is 9.24. The Hall–Kier alpha value is -2.43. The van der Waals surface area contributed by atoms with Gasteiger partial charge in [0.1, 0.15) is 5.82 Å². The lowest BCUT2D eigenvalue weighted by atomic mass is 9.98. The third-order valence-electron chi connectivity index (χ3n) is 4.22. The number of nitrogens with zero attached hydrogens (tertiary/aromatic N) is 3. The molecular weight excluding hydrogens is 290 g/mol. The number of hydrogen-bond acceptors (Lipinski definition) is 4. The summed E-state index contributed by atoms with van der Waals surface area (Å²) in [6.07, 6.45) is 3.36. The second-order valence-electron chi connectivity index (χ2n) is 6.24. The van der Waals surface area contributed by atoms with E-state index in [4.69, 9.17) is 0 Å². The van der Waals surface area contributed by atoms with Crippen LogP contribution in [0, 0.1) is 19.8 Å². The highest BCUT2D eigenvalue weighted by Crippen LogP contribution is 2.24. The van der Waals surface area contributed by atoms with E-state index in [2.05, 4.69) is 46.9 Å². The van der Waals surface area contributed by atoms with Gasteiger partial charge in [0, 0.05) is 24.8 Å². The number of benzene rings is 1. The average Bonchev–Trinajstić information content (AvgIpc) is 2.54. The minimum Gasteiger partial charge on any atom is -0.481 e. The molecule has 1 aliphatic heterocycles. The highest BCUT2D eigenvalue weighted by atomic mass is 16.4. The number of aromatic nitrogens is 2. The summed E-state index contributed by atoms with van der Waals surface area (Å²) < 4.78 is 0. The molecule has 0 bridgehead atoms. The Bertz CT molecular complexity index is 710. The molecule has 3 rings (SSSR count). The van der Waals surface area contributed by atoms with Crippen LogP contribution in [0.5, 0.6) is 0 Å². The van der Waals surface area contributed by atoms with Crippen molar-refractivity contribution in [3.05, 3.63) is 41.6 Å². The van der Waals surface area contributed by atoms with Crippen LogP contribution in [0.1, 0.15) is 24.0 Å². The van der Waals surface area contributed by atoms with Gasteiger partial charge < -0.3 is 10.0 Å². The maximum atomic E-state index is 11.2. The molecule has 2 aromatic rings. The monoisotopic (exact) mass is 311 g/mol. The number of rotatable bonds is 3. The second kappa shape index (κ2) is 6.36. The number of hydrogen-bond donors (Lipinski definition) is 1. The van der Waals surface area contributed by atoms with Crippen LogP contribution in [-0.2, 0) is 4.79 Å². The zero-order chi connectivity index (χ0) is 16.4. The van der Waals surface area contributed by atoms with Crippen molar-refractivity contribution >= 4 is 11.8 Å². The summed E-state index contributed by atoms with van der Waals surface area (Å²) in [6.45, 7) is 5.47. The van der Waals surface area contributed by atoms with E-state index >= 15 is 0 Å². The van der Waals surface area contributed by atoms with Crippen molar-refractivity contribution in [3.63, 3.8) is 0 Å². The van der Waals surface area contributed by atoms with Gasteiger partial charge in [0.05, 0.1) is 5.92 Å². The van der Waals surface area contributed by atoms with Crippen molar-refractivity contribution in [1.82, 2.24) is 9.97 Å². The van der Waals surface area contributed by atoms with Gasteiger partial charge in [-0.25, -0.2) is 9.97 Å². The van der Waals surface area contributed by atoms with Gasteiger partial charge in [0.25, 0.3) is 0 Å². The van der Waals surface area contributed by atoms with Crippen molar-refractivity contribution in [2.45, 2.75) is 26.7 Å². The van der Waals surface area contributed by atoms with Gasteiger partial charge in [-0.3, -0.25) is 4.79 Å². The Kier molecular flexibility index (Phi) is 4.28. The fourth-order valence-corrected chi connectivity index (χ4v) is 3.15. The number of carboxylic acid groups (broad SMARTS) is 1. The second-order valence-corrected chi connectivity index (χ2v) is 6.24. The maximum Gasteiger partial charge on any atom is 0.308 e. The van der Waals surface area contributed by atoms with Crippen LogP contribution in [0.3, 0.4) is 0 Å². The standard InChI is InChI=1S/C18H21N3O2/c1-12-8-13(2)10-15(9-12)17-19-6-5-16(20-17)21-7-3-4-14(11-21)18(22)23/h5-6,8-10,14H,3-4,7,11H2,1-2H3,(H,22,23). The van der Waals surface area contributed by atoms with Gasteiger partial charge in [-0.05, 0) is 44.9 Å². The highest BCUT2D eigenvalue weighted by molar-refractivity contribution is 5.71.